The number of hydrogen-bond donors (Lipinski definition) is 0. The fraction of sp³-hybridized carbons (Fsp3) is 0.0769. The maximum atomic E-state index is 12.9. The predicted molar refractivity (Wildman–Crippen MR) is 67.5 cm³/mol. The molecule has 0 heterocycles. The van der Waals surface area contributed by atoms with E-state index in [1.807, 2.05) is 12.1 Å². The number of benzene rings is 2. The van der Waals surface area contributed by atoms with Crippen molar-refractivity contribution < 1.29 is 9.13 Å². The van der Waals surface area contributed by atoms with Crippen LogP contribution in [0.5, 0.6) is 11.5 Å². The molecule has 0 fully saturated rings. The van der Waals surface area contributed by atoms with Crippen LogP contribution in [0.4, 0.5) is 4.39 Å². The van der Waals surface area contributed by atoms with Crippen molar-refractivity contribution in [1.29, 1.82) is 0 Å². The first-order valence-corrected chi connectivity index (χ1v) is 5.88. The molecule has 0 amide bonds. The lowest BCUT2D eigenvalue weighted by Gasteiger charge is -2.06. The van der Waals surface area contributed by atoms with Gasteiger partial charge in [-0.25, -0.2) is 4.39 Å². The van der Waals surface area contributed by atoms with Gasteiger partial charge in [0.05, 0.1) is 5.02 Å². The van der Waals surface area contributed by atoms with Gasteiger partial charge in [-0.05, 0) is 29.8 Å². The van der Waals surface area contributed by atoms with Gasteiger partial charge in [-0.3, -0.25) is 0 Å². The number of hydrogen-bond acceptors (Lipinski definition) is 1. The van der Waals surface area contributed by atoms with E-state index in [0.29, 0.717) is 17.4 Å². The Balaban J connectivity index is 2.16. The molecule has 0 saturated heterocycles. The van der Waals surface area contributed by atoms with Crippen molar-refractivity contribution >= 4 is 23.2 Å². The van der Waals surface area contributed by atoms with E-state index in [4.69, 9.17) is 27.9 Å². The summed E-state index contributed by atoms with van der Waals surface area (Å²) in [6.45, 7) is 0. The van der Waals surface area contributed by atoms with Crippen LogP contribution in [0.1, 0.15) is 5.56 Å². The smallest absolute Gasteiger partial charge is 0.142 e. The number of rotatable bonds is 3. The lowest BCUT2D eigenvalue weighted by molar-refractivity contribution is 0.480. The van der Waals surface area contributed by atoms with E-state index in [1.54, 1.807) is 12.1 Å². The molecule has 0 aliphatic rings. The molecular formula is C13H9Cl2FO. The summed E-state index contributed by atoms with van der Waals surface area (Å²) in [7, 11) is 0. The fourth-order valence-corrected chi connectivity index (χ4v) is 1.67. The van der Waals surface area contributed by atoms with Crippen molar-refractivity contribution in [1.82, 2.24) is 0 Å². The molecule has 0 unspecified atom stereocenters. The predicted octanol–water partition coefficient (Wildman–Crippen LogP) is 5.01. The van der Waals surface area contributed by atoms with E-state index in [1.165, 1.54) is 18.2 Å². The van der Waals surface area contributed by atoms with Crippen LogP contribution in [0, 0.1) is 5.82 Å². The molecule has 0 spiro atoms. The molecule has 2 aromatic carbocycles. The lowest BCUT2D eigenvalue weighted by atomic mass is 10.2. The van der Waals surface area contributed by atoms with Crippen LogP contribution in [0.2, 0.25) is 5.02 Å². The van der Waals surface area contributed by atoms with Gasteiger partial charge in [0, 0.05) is 11.9 Å². The molecule has 4 heteroatoms. The van der Waals surface area contributed by atoms with Crippen LogP contribution < -0.4 is 4.74 Å². The van der Waals surface area contributed by atoms with Gasteiger partial charge in [-0.2, -0.15) is 0 Å². The molecule has 0 aromatic heterocycles. The Kier molecular flexibility index (Phi) is 3.87. The zero-order valence-electron chi connectivity index (χ0n) is 8.79. The van der Waals surface area contributed by atoms with Crippen LogP contribution in [0.25, 0.3) is 0 Å². The SMILES string of the molecule is Fc1ccc(Oc2ccc(CCl)cc2)cc1Cl. The van der Waals surface area contributed by atoms with Crippen molar-refractivity contribution in [2.45, 2.75) is 5.88 Å². The molecule has 2 rings (SSSR count). The van der Waals surface area contributed by atoms with Crippen molar-refractivity contribution in [2.24, 2.45) is 0 Å². The fourth-order valence-electron chi connectivity index (χ4n) is 1.32. The van der Waals surface area contributed by atoms with E-state index in [0.717, 1.165) is 5.56 Å². The molecule has 0 bridgehead atoms. The van der Waals surface area contributed by atoms with E-state index in [-0.39, 0.29) is 5.02 Å². The maximum absolute atomic E-state index is 12.9. The zero-order valence-corrected chi connectivity index (χ0v) is 10.3. The van der Waals surface area contributed by atoms with Gasteiger partial charge in [0.15, 0.2) is 0 Å². The molecule has 0 saturated carbocycles. The zero-order chi connectivity index (χ0) is 12.3. The monoisotopic (exact) mass is 270 g/mol. The molecule has 2 aromatic rings. The molecule has 0 aliphatic carbocycles. The van der Waals surface area contributed by atoms with Crippen LogP contribution in [-0.4, -0.2) is 0 Å². The third-order valence-electron chi connectivity index (χ3n) is 2.20. The highest BCUT2D eigenvalue weighted by molar-refractivity contribution is 6.30. The third-order valence-corrected chi connectivity index (χ3v) is 2.80. The van der Waals surface area contributed by atoms with E-state index in [9.17, 15) is 4.39 Å². The van der Waals surface area contributed by atoms with Gasteiger partial charge in [0.1, 0.15) is 17.3 Å². The van der Waals surface area contributed by atoms with Crippen molar-refractivity contribution in [2.75, 3.05) is 0 Å². The molecule has 17 heavy (non-hydrogen) atoms. The molecule has 88 valence electrons. The molecule has 0 aliphatic heterocycles. The highest BCUT2D eigenvalue weighted by atomic mass is 35.5. The number of halogens is 3. The van der Waals surface area contributed by atoms with Gasteiger partial charge >= 0.3 is 0 Å². The number of alkyl halides is 1. The minimum atomic E-state index is -0.462. The Morgan fingerprint density at radius 2 is 1.65 bits per heavy atom. The Morgan fingerprint density at radius 3 is 2.24 bits per heavy atom. The standard InChI is InChI=1S/C13H9Cl2FO/c14-8-9-1-3-10(4-2-9)17-11-5-6-13(16)12(15)7-11/h1-7H,8H2. The Hall–Kier alpha value is -1.25. The van der Waals surface area contributed by atoms with E-state index < -0.39 is 5.82 Å². The summed E-state index contributed by atoms with van der Waals surface area (Å²) >= 11 is 11.3. The summed E-state index contributed by atoms with van der Waals surface area (Å²) in [4.78, 5) is 0. The van der Waals surface area contributed by atoms with Crippen LogP contribution in [-0.2, 0) is 5.88 Å². The Morgan fingerprint density at radius 1 is 1.00 bits per heavy atom. The first kappa shape index (κ1) is 12.2. The largest absolute Gasteiger partial charge is 0.457 e. The van der Waals surface area contributed by atoms with Crippen LogP contribution >= 0.6 is 23.2 Å². The Labute approximate surface area is 109 Å². The first-order valence-electron chi connectivity index (χ1n) is 4.97. The van der Waals surface area contributed by atoms with E-state index in [2.05, 4.69) is 0 Å². The topological polar surface area (TPSA) is 9.23 Å². The van der Waals surface area contributed by atoms with Crippen LogP contribution in [0.3, 0.4) is 0 Å². The second-order valence-corrected chi connectivity index (χ2v) is 4.13. The summed E-state index contributed by atoms with van der Waals surface area (Å²) < 4.78 is 18.5. The average molecular weight is 271 g/mol. The lowest BCUT2D eigenvalue weighted by Crippen LogP contribution is -1.86. The maximum Gasteiger partial charge on any atom is 0.142 e. The summed E-state index contributed by atoms with van der Waals surface area (Å²) in [5, 5.41) is 0.0416. The van der Waals surface area contributed by atoms with Gasteiger partial charge in [0.2, 0.25) is 0 Å². The molecule has 0 atom stereocenters. The summed E-state index contributed by atoms with van der Waals surface area (Å²) in [5.41, 5.74) is 1.01. The summed E-state index contributed by atoms with van der Waals surface area (Å²) in [5.74, 6) is 1.15. The van der Waals surface area contributed by atoms with E-state index >= 15 is 0 Å². The average Bonchev–Trinajstić information content (AvgIpc) is 2.35. The van der Waals surface area contributed by atoms with Gasteiger partial charge < -0.3 is 4.74 Å². The highest BCUT2D eigenvalue weighted by Gasteiger charge is 2.02. The van der Waals surface area contributed by atoms with Gasteiger partial charge in [-0.1, -0.05) is 23.7 Å². The first-order chi connectivity index (χ1) is 8.19. The van der Waals surface area contributed by atoms with Crippen molar-refractivity contribution in [3.63, 3.8) is 0 Å². The van der Waals surface area contributed by atoms with Crippen LogP contribution in [0.15, 0.2) is 42.5 Å². The number of ether oxygens (including phenoxy) is 1. The minimum absolute atomic E-state index is 0.0416. The quantitative estimate of drug-likeness (QED) is 0.713. The normalized spacial score (nSPS) is 10.3. The summed E-state index contributed by atoms with van der Waals surface area (Å²) in [6.07, 6.45) is 0. The van der Waals surface area contributed by atoms with Gasteiger partial charge in [0.25, 0.3) is 0 Å². The summed E-state index contributed by atoms with van der Waals surface area (Å²) in [6, 6.07) is 11.6. The van der Waals surface area contributed by atoms with Crippen molar-refractivity contribution in [3.8, 4) is 11.5 Å². The minimum Gasteiger partial charge on any atom is -0.457 e. The highest BCUT2D eigenvalue weighted by Crippen LogP contribution is 2.26. The third kappa shape index (κ3) is 3.11. The second kappa shape index (κ2) is 5.39. The molecule has 0 N–H and O–H groups in total. The Bertz CT molecular complexity index is 511. The second-order valence-electron chi connectivity index (χ2n) is 3.46. The molecule has 1 nitrogen and oxygen atoms in total. The van der Waals surface area contributed by atoms with Crippen molar-refractivity contribution in [3.05, 3.63) is 58.9 Å². The molecule has 0 radical (unpaired) electrons. The molecular weight excluding hydrogens is 262 g/mol. The van der Waals surface area contributed by atoms with Gasteiger partial charge in [-0.15, -0.1) is 11.6 Å².